The molecule has 3 rings (SSSR count). The summed E-state index contributed by atoms with van der Waals surface area (Å²) in [5.41, 5.74) is -1.69. The van der Waals surface area contributed by atoms with Gasteiger partial charge in [-0.15, -0.1) is 0 Å². The number of anilines is 1. The Kier molecular flexibility index (Phi) is 6.56. The first-order chi connectivity index (χ1) is 15.5. The van der Waals surface area contributed by atoms with E-state index in [-0.39, 0.29) is 35.8 Å². The molecule has 0 unspecified atom stereocenters. The Bertz CT molecular complexity index is 1210. The van der Waals surface area contributed by atoms with Crippen molar-refractivity contribution in [2.24, 2.45) is 0 Å². The van der Waals surface area contributed by atoms with Gasteiger partial charge in [0.15, 0.2) is 0 Å². The number of nitrogens with zero attached hydrogens (tertiary/aromatic N) is 4. The molecule has 3 aromatic rings. The van der Waals surface area contributed by atoms with Crippen LogP contribution in [-0.2, 0) is 17.5 Å². The fourth-order valence-electron chi connectivity index (χ4n) is 2.70. The van der Waals surface area contributed by atoms with Crippen LogP contribution >= 0.6 is 0 Å². The maximum absolute atomic E-state index is 12.9. The van der Waals surface area contributed by atoms with Crippen molar-refractivity contribution in [3.63, 3.8) is 0 Å². The average molecular weight is 465 g/mol. The fraction of sp³-hybridized carbons (Fsp3) is 0.158. The number of alkyl halides is 3. The second-order valence-electron chi connectivity index (χ2n) is 6.62. The molecule has 2 aromatic carbocycles. The highest BCUT2D eigenvalue weighted by atomic mass is 19.4. The lowest BCUT2D eigenvalue weighted by molar-refractivity contribution is -0.385. The van der Waals surface area contributed by atoms with Gasteiger partial charge in [0.05, 0.1) is 27.2 Å². The lowest BCUT2D eigenvalue weighted by Gasteiger charge is -2.11. The van der Waals surface area contributed by atoms with Crippen molar-refractivity contribution in [3.05, 3.63) is 80.7 Å². The van der Waals surface area contributed by atoms with Crippen LogP contribution in [0.15, 0.2) is 54.9 Å². The number of nitro groups is 2. The lowest BCUT2D eigenvalue weighted by atomic mass is 10.2. The number of carbonyl (C=O) groups is 1. The molecule has 0 radical (unpaired) electrons. The molecule has 172 valence electrons. The predicted octanol–water partition coefficient (Wildman–Crippen LogP) is 4.54. The monoisotopic (exact) mass is 465 g/mol. The zero-order chi connectivity index (χ0) is 24.2. The largest absolute Gasteiger partial charge is 0.457 e. The molecular weight excluding hydrogens is 451 g/mol. The Morgan fingerprint density at radius 3 is 2.42 bits per heavy atom. The first-order valence-electron chi connectivity index (χ1n) is 9.12. The highest BCUT2D eigenvalue weighted by Crippen LogP contribution is 2.34. The molecule has 0 saturated carbocycles. The molecule has 11 nitrogen and oxygen atoms in total. The van der Waals surface area contributed by atoms with Gasteiger partial charge in [0, 0.05) is 25.1 Å². The molecule has 0 saturated heterocycles. The topological polar surface area (TPSA) is 142 Å². The van der Waals surface area contributed by atoms with E-state index >= 15 is 0 Å². The van der Waals surface area contributed by atoms with Crippen LogP contribution in [0.4, 0.5) is 30.2 Å². The molecule has 0 fully saturated rings. The van der Waals surface area contributed by atoms with Crippen LogP contribution in [-0.4, -0.2) is 25.5 Å². The van der Waals surface area contributed by atoms with Crippen LogP contribution in [0.5, 0.6) is 11.5 Å². The van der Waals surface area contributed by atoms with Gasteiger partial charge < -0.3 is 10.1 Å². The molecule has 14 heteroatoms. The molecule has 0 aliphatic carbocycles. The molecule has 0 bridgehead atoms. The van der Waals surface area contributed by atoms with Gasteiger partial charge in [0.2, 0.25) is 5.91 Å². The summed E-state index contributed by atoms with van der Waals surface area (Å²) in [6, 6.07) is 7.21. The molecule has 0 spiro atoms. The Labute approximate surface area is 182 Å². The molecule has 1 heterocycles. The van der Waals surface area contributed by atoms with Gasteiger partial charge in [0.25, 0.3) is 5.69 Å². The van der Waals surface area contributed by atoms with Crippen LogP contribution < -0.4 is 10.1 Å². The number of nitrogens with one attached hydrogen (secondary N) is 1. The summed E-state index contributed by atoms with van der Waals surface area (Å²) in [7, 11) is 0. The van der Waals surface area contributed by atoms with Gasteiger partial charge in [-0.1, -0.05) is 6.07 Å². The first kappa shape index (κ1) is 23.2. The molecular formula is C19H14F3N5O6. The first-order valence-corrected chi connectivity index (χ1v) is 9.12. The molecule has 0 aliphatic rings. The van der Waals surface area contributed by atoms with Gasteiger partial charge in [0.1, 0.15) is 23.9 Å². The minimum absolute atomic E-state index is 0.00217. The molecule has 33 heavy (non-hydrogen) atoms. The third-order valence-corrected chi connectivity index (χ3v) is 4.18. The van der Waals surface area contributed by atoms with Gasteiger partial charge in [-0.25, -0.2) is 0 Å². The number of hydrogen-bond acceptors (Lipinski definition) is 7. The molecule has 0 atom stereocenters. The third-order valence-electron chi connectivity index (χ3n) is 4.18. The van der Waals surface area contributed by atoms with E-state index in [4.69, 9.17) is 4.74 Å². The number of amides is 1. The highest BCUT2D eigenvalue weighted by molar-refractivity contribution is 5.91. The summed E-state index contributed by atoms with van der Waals surface area (Å²) in [6.07, 6.45) is -2.60. The number of hydrogen-bond donors (Lipinski definition) is 1. The Morgan fingerprint density at radius 2 is 1.79 bits per heavy atom. The summed E-state index contributed by atoms with van der Waals surface area (Å²) in [5.74, 6) is -0.955. The van der Waals surface area contributed by atoms with Gasteiger partial charge in [-0.2, -0.15) is 18.3 Å². The number of aryl methyl sites for hydroxylation is 1. The normalized spacial score (nSPS) is 11.1. The van der Waals surface area contributed by atoms with Crippen molar-refractivity contribution in [3.8, 4) is 11.5 Å². The second-order valence-corrected chi connectivity index (χ2v) is 6.62. The zero-order valence-corrected chi connectivity index (χ0v) is 16.5. The van der Waals surface area contributed by atoms with Gasteiger partial charge >= 0.3 is 11.9 Å². The summed E-state index contributed by atoms with van der Waals surface area (Å²) in [5, 5.41) is 28.0. The fourth-order valence-corrected chi connectivity index (χ4v) is 2.70. The molecule has 1 amide bonds. The van der Waals surface area contributed by atoms with Crippen molar-refractivity contribution in [1.82, 2.24) is 9.78 Å². The summed E-state index contributed by atoms with van der Waals surface area (Å²) >= 11 is 0. The number of rotatable bonds is 8. The number of halogens is 3. The van der Waals surface area contributed by atoms with Crippen molar-refractivity contribution in [2.45, 2.75) is 19.1 Å². The van der Waals surface area contributed by atoms with Crippen molar-refractivity contribution in [2.75, 3.05) is 5.32 Å². The van der Waals surface area contributed by atoms with Gasteiger partial charge in [-0.3, -0.25) is 29.7 Å². The number of nitro benzene ring substituents is 1. The molecule has 1 aromatic heterocycles. The van der Waals surface area contributed by atoms with Gasteiger partial charge in [-0.05, 0) is 18.2 Å². The van der Waals surface area contributed by atoms with E-state index in [0.29, 0.717) is 0 Å². The van der Waals surface area contributed by atoms with Crippen LogP contribution in [0.1, 0.15) is 12.0 Å². The van der Waals surface area contributed by atoms with E-state index in [1.54, 1.807) is 0 Å². The van der Waals surface area contributed by atoms with Crippen LogP contribution in [0.25, 0.3) is 0 Å². The number of non-ortho nitro benzene ring substituents is 1. The molecule has 1 N–H and O–H groups in total. The standard InChI is InChI=1S/C19H14F3N5O6/c20-19(21,22)12-2-1-3-16(6-12)33-17-8-13(7-14(9-17)26(29)30)24-18(28)4-5-25-11-15(10-23-25)27(31)32/h1-3,6-11H,4-5H2,(H,24,28). The quantitative estimate of drug-likeness (QED) is 0.380. The maximum atomic E-state index is 12.9. The van der Waals surface area contributed by atoms with E-state index in [0.717, 1.165) is 42.7 Å². The number of benzene rings is 2. The van der Waals surface area contributed by atoms with Crippen LogP contribution in [0, 0.1) is 20.2 Å². The summed E-state index contributed by atoms with van der Waals surface area (Å²) in [4.78, 5) is 32.7. The Hall–Kier alpha value is -4.49. The summed E-state index contributed by atoms with van der Waals surface area (Å²) in [6.45, 7) is 0.00217. The Morgan fingerprint density at radius 1 is 1.06 bits per heavy atom. The minimum atomic E-state index is -4.60. The van der Waals surface area contributed by atoms with E-state index in [1.807, 2.05) is 0 Å². The number of aromatic nitrogens is 2. The summed E-state index contributed by atoms with van der Waals surface area (Å²) < 4.78 is 45.2. The minimum Gasteiger partial charge on any atom is -0.457 e. The lowest BCUT2D eigenvalue weighted by Crippen LogP contribution is -2.15. The zero-order valence-electron chi connectivity index (χ0n) is 16.5. The Balaban J connectivity index is 1.73. The van der Waals surface area contributed by atoms with Crippen LogP contribution in [0.3, 0.4) is 0 Å². The number of carbonyl (C=O) groups excluding carboxylic acids is 1. The third kappa shape index (κ3) is 6.25. The predicted molar refractivity (Wildman–Crippen MR) is 107 cm³/mol. The second kappa shape index (κ2) is 9.33. The molecule has 0 aliphatic heterocycles. The van der Waals surface area contributed by atoms with E-state index in [9.17, 15) is 38.2 Å². The van der Waals surface area contributed by atoms with Crippen LogP contribution in [0.2, 0.25) is 0 Å². The van der Waals surface area contributed by atoms with Crippen molar-refractivity contribution in [1.29, 1.82) is 0 Å². The maximum Gasteiger partial charge on any atom is 0.416 e. The number of ether oxygens (including phenoxy) is 1. The van der Waals surface area contributed by atoms with E-state index in [2.05, 4.69) is 10.4 Å². The van der Waals surface area contributed by atoms with Crippen molar-refractivity contribution < 1.29 is 32.5 Å². The SMILES string of the molecule is O=C(CCn1cc([N+](=O)[O-])cn1)Nc1cc(Oc2cccc(C(F)(F)F)c2)cc([N+](=O)[O-])c1. The smallest absolute Gasteiger partial charge is 0.416 e. The highest BCUT2D eigenvalue weighted by Gasteiger charge is 2.30. The van der Waals surface area contributed by atoms with Crippen molar-refractivity contribution >= 4 is 23.0 Å². The average Bonchev–Trinajstić information content (AvgIpc) is 3.21. The van der Waals surface area contributed by atoms with E-state index in [1.165, 1.54) is 16.8 Å². The van der Waals surface area contributed by atoms with E-state index < -0.39 is 33.2 Å².